The Morgan fingerprint density at radius 2 is 1.64 bits per heavy atom. The number of nitrogens with zero attached hydrogens (tertiary/aromatic N) is 2. The van der Waals surface area contributed by atoms with Crippen LogP contribution in [0.3, 0.4) is 0 Å². The van der Waals surface area contributed by atoms with Crippen LogP contribution in [-0.2, 0) is 19.1 Å². The van der Waals surface area contributed by atoms with Gasteiger partial charge in [-0.1, -0.05) is 0 Å². The number of nitrogens with one attached hydrogen (secondary N) is 1. The maximum atomic E-state index is 11.9. The van der Waals surface area contributed by atoms with Gasteiger partial charge < -0.3 is 23.6 Å². The topological polar surface area (TPSA) is 117 Å². The molecule has 3 heterocycles. The van der Waals surface area contributed by atoms with Crippen molar-refractivity contribution in [3.8, 4) is 23.1 Å². The lowest BCUT2D eigenvalue weighted by atomic mass is 10.2. The monoisotopic (exact) mass is 381 g/mol. The van der Waals surface area contributed by atoms with Gasteiger partial charge in [0.1, 0.15) is 0 Å². The molecule has 28 heavy (non-hydrogen) atoms. The Labute approximate surface area is 159 Å². The molecule has 9 heteroatoms. The van der Waals surface area contributed by atoms with Crippen LogP contribution in [0, 0.1) is 0 Å². The van der Waals surface area contributed by atoms with Gasteiger partial charge in [-0.25, -0.2) is 9.59 Å². The highest BCUT2D eigenvalue weighted by atomic mass is 16.7. The summed E-state index contributed by atoms with van der Waals surface area (Å²) in [6, 6.07) is 10.4. The van der Waals surface area contributed by atoms with Gasteiger partial charge in [0.25, 0.3) is 11.7 Å². The first-order valence-electron chi connectivity index (χ1n) is 8.32. The van der Waals surface area contributed by atoms with E-state index in [0.717, 1.165) is 0 Å². The van der Waals surface area contributed by atoms with Crippen molar-refractivity contribution in [3.05, 3.63) is 54.4 Å². The lowest BCUT2D eigenvalue weighted by Gasteiger charge is -2.29. The van der Waals surface area contributed by atoms with E-state index < -0.39 is 17.7 Å². The van der Waals surface area contributed by atoms with Gasteiger partial charge in [0, 0.05) is 31.3 Å². The van der Waals surface area contributed by atoms with Gasteiger partial charge in [-0.15, -0.1) is 10.2 Å². The van der Waals surface area contributed by atoms with E-state index in [1.165, 1.54) is 26.3 Å². The number of carbonyl (C=O) groups excluding carboxylic acids is 2. The summed E-state index contributed by atoms with van der Waals surface area (Å²) in [7, 11) is 0. The van der Waals surface area contributed by atoms with Crippen molar-refractivity contribution < 1.29 is 27.9 Å². The highest BCUT2D eigenvalue weighted by molar-refractivity contribution is 6.15. The summed E-state index contributed by atoms with van der Waals surface area (Å²) in [4.78, 5) is 23.8. The summed E-state index contributed by atoms with van der Waals surface area (Å²) < 4.78 is 20.9. The van der Waals surface area contributed by atoms with Crippen molar-refractivity contribution in [1.82, 2.24) is 10.2 Å². The number of aromatic nitrogens is 2. The second-order valence-corrected chi connectivity index (χ2v) is 6.35. The fourth-order valence-electron chi connectivity index (χ4n) is 2.48. The van der Waals surface area contributed by atoms with Crippen LogP contribution in [0.25, 0.3) is 23.1 Å². The van der Waals surface area contributed by atoms with Crippen molar-refractivity contribution >= 4 is 17.6 Å². The second-order valence-electron chi connectivity index (χ2n) is 6.35. The van der Waals surface area contributed by atoms with Crippen LogP contribution in [-0.4, -0.2) is 27.9 Å². The van der Waals surface area contributed by atoms with E-state index in [-0.39, 0.29) is 11.5 Å². The summed E-state index contributed by atoms with van der Waals surface area (Å²) >= 11 is 0. The highest BCUT2D eigenvalue weighted by Gasteiger charge is 2.38. The van der Waals surface area contributed by atoms with Crippen LogP contribution in [0.5, 0.6) is 0 Å². The van der Waals surface area contributed by atoms with Crippen molar-refractivity contribution in [3.63, 3.8) is 0 Å². The van der Waals surface area contributed by atoms with Gasteiger partial charge in [-0.3, -0.25) is 0 Å². The van der Waals surface area contributed by atoms with Crippen molar-refractivity contribution in [1.29, 1.82) is 0 Å². The van der Waals surface area contributed by atoms with Gasteiger partial charge in [0.15, 0.2) is 11.3 Å². The Morgan fingerprint density at radius 1 is 0.964 bits per heavy atom. The Balaban J connectivity index is 1.47. The van der Waals surface area contributed by atoms with E-state index in [9.17, 15) is 9.59 Å². The molecule has 0 saturated carbocycles. The van der Waals surface area contributed by atoms with Crippen LogP contribution in [0.2, 0.25) is 0 Å². The average Bonchev–Trinajstić information content (AvgIpc) is 3.32. The molecule has 1 saturated heterocycles. The molecule has 1 N–H and O–H groups in total. The molecule has 0 spiro atoms. The number of hydrogen-bond donors (Lipinski definition) is 1. The van der Waals surface area contributed by atoms with E-state index in [2.05, 4.69) is 15.5 Å². The Kier molecular flexibility index (Phi) is 4.19. The van der Waals surface area contributed by atoms with E-state index >= 15 is 0 Å². The lowest BCUT2D eigenvalue weighted by Crippen LogP contribution is -2.42. The number of esters is 2. The Bertz CT molecular complexity index is 1030. The number of benzene rings is 1. The zero-order valence-corrected chi connectivity index (χ0v) is 15.0. The van der Waals surface area contributed by atoms with Crippen molar-refractivity contribution in [2.45, 2.75) is 19.6 Å². The number of rotatable bonds is 4. The molecule has 0 aliphatic carbocycles. The number of hydrogen-bond acceptors (Lipinski definition) is 9. The van der Waals surface area contributed by atoms with Gasteiger partial charge in [-0.2, -0.15) is 0 Å². The molecular weight excluding hydrogens is 366 g/mol. The first kappa shape index (κ1) is 17.5. The fraction of sp³-hybridized carbons (Fsp3) is 0.158. The quantitative estimate of drug-likeness (QED) is 0.413. The van der Waals surface area contributed by atoms with Gasteiger partial charge >= 0.3 is 11.9 Å². The van der Waals surface area contributed by atoms with E-state index in [0.29, 0.717) is 22.9 Å². The maximum absolute atomic E-state index is 11.9. The molecule has 1 fully saturated rings. The first-order chi connectivity index (χ1) is 13.4. The molecule has 1 aromatic carbocycles. The maximum Gasteiger partial charge on any atom is 0.350 e. The molecule has 0 radical (unpaired) electrons. The smallest absolute Gasteiger partial charge is 0.350 e. The molecule has 2 aromatic heterocycles. The molecule has 142 valence electrons. The minimum Gasteiger partial charge on any atom is -0.459 e. The van der Waals surface area contributed by atoms with Crippen molar-refractivity contribution in [2.75, 3.05) is 5.32 Å². The third-order valence-electron chi connectivity index (χ3n) is 3.79. The molecule has 0 unspecified atom stereocenters. The molecule has 1 aliphatic rings. The van der Waals surface area contributed by atoms with Gasteiger partial charge in [-0.05, 0) is 36.4 Å². The molecule has 0 bridgehead atoms. The number of carbonyl (C=O) groups is 2. The number of furan rings is 1. The average molecular weight is 381 g/mol. The minimum atomic E-state index is -1.27. The molecule has 1 aliphatic heterocycles. The Hall–Kier alpha value is -3.88. The summed E-state index contributed by atoms with van der Waals surface area (Å²) in [5.74, 6) is -1.67. The standard InChI is InChI=1S/C19H15N3O6/c1-19(2)27-17(23)13(18(24)28-19)10-20-12-7-5-11(6-8-12)15-21-22-16(26-15)14-4-3-9-25-14/h3-10,20H,1-2H3. The molecule has 0 amide bonds. The van der Waals surface area contributed by atoms with Crippen LogP contribution in [0.15, 0.2) is 63.3 Å². The molecular formula is C19H15N3O6. The van der Waals surface area contributed by atoms with Gasteiger partial charge in [0.2, 0.25) is 5.89 Å². The highest BCUT2D eigenvalue weighted by Crippen LogP contribution is 2.26. The molecule has 3 aromatic rings. The predicted octanol–water partition coefficient (Wildman–Crippen LogP) is 3.13. The third kappa shape index (κ3) is 3.50. The second kappa shape index (κ2) is 6.69. The van der Waals surface area contributed by atoms with Crippen LogP contribution in [0.1, 0.15) is 13.8 Å². The molecule has 9 nitrogen and oxygen atoms in total. The van der Waals surface area contributed by atoms with Crippen LogP contribution < -0.4 is 5.32 Å². The zero-order valence-electron chi connectivity index (χ0n) is 15.0. The minimum absolute atomic E-state index is 0.219. The summed E-state index contributed by atoms with van der Waals surface area (Å²) in [5.41, 5.74) is 1.11. The Morgan fingerprint density at radius 3 is 2.29 bits per heavy atom. The third-order valence-corrected chi connectivity index (χ3v) is 3.79. The van der Waals surface area contributed by atoms with Gasteiger partial charge in [0.05, 0.1) is 6.26 Å². The van der Waals surface area contributed by atoms with Crippen LogP contribution >= 0.6 is 0 Å². The number of anilines is 1. The fourth-order valence-corrected chi connectivity index (χ4v) is 2.48. The first-order valence-corrected chi connectivity index (χ1v) is 8.32. The largest absolute Gasteiger partial charge is 0.459 e. The number of cyclic esters (lactones) is 2. The summed E-state index contributed by atoms with van der Waals surface area (Å²) in [6.45, 7) is 2.97. The lowest BCUT2D eigenvalue weighted by molar-refractivity contribution is -0.222. The van der Waals surface area contributed by atoms with E-state index in [1.807, 2.05) is 0 Å². The van der Waals surface area contributed by atoms with Crippen molar-refractivity contribution in [2.24, 2.45) is 0 Å². The molecule has 0 atom stereocenters. The van der Waals surface area contributed by atoms with E-state index in [4.69, 9.17) is 18.3 Å². The van der Waals surface area contributed by atoms with Crippen LogP contribution in [0.4, 0.5) is 5.69 Å². The summed E-state index contributed by atoms with van der Waals surface area (Å²) in [6.07, 6.45) is 2.77. The predicted molar refractivity (Wildman–Crippen MR) is 95.4 cm³/mol. The SMILES string of the molecule is CC1(C)OC(=O)C(=CNc2ccc(-c3nnc(-c4ccco4)o3)cc2)C(=O)O1. The normalized spacial score (nSPS) is 15.7. The zero-order chi connectivity index (χ0) is 19.7. The molecule has 4 rings (SSSR count). The summed E-state index contributed by atoms with van der Waals surface area (Å²) in [5, 5.41) is 10.8. The number of ether oxygens (including phenoxy) is 2. The van der Waals surface area contributed by atoms with E-state index in [1.54, 1.807) is 36.4 Å².